The third-order valence-corrected chi connectivity index (χ3v) is 4.69. The quantitative estimate of drug-likeness (QED) is 0.384. The molecule has 0 aliphatic carbocycles. The molecule has 0 saturated heterocycles. The Morgan fingerprint density at radius 1 is 0.897 bits per heavy atom. The van der Waals surface area contributed by atoms with E-state index in [1.54, 1.807) is 0 Å². The Bertz CT molecular complexity index is 902. The number of carbonyl (C=O) groups is 1. The van der Waals surface area contributed by atoms with Crippen LogP contribution >= 0.6 is 0 Å². The van der Waals surface area contributed by atoms with E-state index in [0.29, 0.717) is 16.8 Å². The number of hydrogen-bond acceptors (Lipinski definition) is 3. The number of aryl methyl sites for hydroxylation is 1. The molecule has 3 rings (SSSR count). The van der Waals surface area contributed by atoms with Crippen molar-refractivity contribution in [2.24, 2.45) is 0 Å². The SMILES string of the molecule is CC.CCCN(Cc1ccc(C)cc1)c1cccc(C(=O)c2ccccc2)c1N. The Labute approximate surface area is 175 Å². The van der Waals surface area contributed by atoms with Crippen LogP contribution in [0.15, 0.2) is 72.8 Å². The zero-order valence-electron chi connectivity index (χ0n) is 18.0. The van der Waals surface area contributed by atoms with Gasteiger partial charge in [-0.2, -0.15) is 0 Å². The van der Waals surface area contributed by atoms with Crippen molar-refractivity contribution in [3.8, 4) is 0 Å². The zero-order valence-corrected chi connectivity index (χ0v) is 18.0. The fourth-order valence-corrected chi connectivity index (χ4v) is 3.24. The molecule has 0 spiro atoms. The Balaban J connectivity index is 0.00000145. The number of ketones is 1. The third-order valence-electron chi connectivity index (χ3n) is 4.69. The van der Waals surface area contributed by atoms with E-state index in [4.69, 9.17) is 5.73 Å². The number of nitrogens with zero attached hydrogens (tertiary/aromatic N) is 1. The summed E-state index contributed by atoms with van der Waals surface area (Å²) in [6, 6.07) is 23.6. The molecule has 0 aliphatic heterocycles. The molecule has 3 aromatic carbocycles. The highest BCUT2D eigenvalue weighted by Gasteiger charge is 2.17. The second-order valence-corrected chi connectivity index (χ2v) is 6.84. The minimum Gasteiger partial charge on any atom is -0.396 e. The number of carbonyl (C=O) groups excluding carboxylic acids is 1. The van der Waals surface area contributed by atoms with Crippen molar-refractivity contribution in [3.05, 3.63) is 95.1 Å². The molecule has 2 N–H and O–H groups in total. The third kappa shape index (κ3) is 5.71. The van der Waals surface area contributed by atoms with Crippen molar-refractivity contribution in [2.75, 3.05) is 17.2 Å². The van der Waals surface area contributed by atoms with E-state index in [1.165, 1.54) is 11.1 Å². The average molecular weight is 389 g/mol. The molecule has 29 heavy (non-hydrogen) atoms. The number of nitrogens with two attached hydrogens (primary N) is 1. The summed E-state index contributed by atoms with van der Waals surface area (Å²) in [6.07, 6.45) is 1.00. The van der Waals surface area contributed by atoms with Crippen LogP contribution < -0.4 is 10.6 Å². The molecule has 0 fully saturated rings. The predicted octanol–water partition coefficient (Wildman–Crippen LogP) is 6.25. The highest BCUT2D eigenvalue weighted by atomic mass is 16.1. The van der Waals surface area contributed by atoms with Crippen molar-refractivity contribution in [1.82, 2.24) is 0 Å². The minimum absolute atomic E-state index is 0.0401. The van der Waals surface area contributed by atoms with Crippen molar-refractivity contribution in [1.29, 1.82) is 0 Å². The van der Waals surface area contributed by atoms with E-state index in [-0.39, 0.29) is 5.78 Å². The molecule has 0 radical (unpaired) electrons. The first-order valence-electron chi connectivity index (χ1n) is 10.4. The molecular formula is C26H32N2O. The Morgan fingerprint density at radius 3 is 2.17 bits per heavy atom. The van der Waals surface area contributed by atoms with Gasteiger partial charge in [-0.3, -0.25) is 4.79 Å². The van der Waals surface area contributed by atoms with Crippen molar-refractivity contribution in [3.63, 3.8) is 0 Å². The molecule has 0 amide bonds. The lowest BCUT2D eigenvalue weighted by molar-refractivity contribution is 0.103. The maximum Gasteiger partial charge on any atom is 0.195 e. The van der Waals surface area contributed by atoms with Gasteiger partial charge in [-0.05, 0) is 31.0 Å². The first-order valence-corrected chi connectivity index (χ1v) is 10.4. The monoisotopic (exact) mass is 388 g/mol. The largest absolute Gasteiger partial charge is 0.396 e. The smallest absolute Gasteiger partial charge is 0.195 e. The lowest BCUT2D eigenvalue weighted by Crippen LogP contribution is -2.25. The highest BCUT2D eigenvalue weighted by Crippen LogP contribution is 2.30. The second kappa shape index (κ2) is 11.1. The standard InChI is InChI=1S/C24H26N2O.C2H6/c1-3-16-26(17-19-14-12-18(2)13-15-19)22-11-7-10-21(23(22)25)24(27)20-8-5-4-6-9-20;1-2/h4-15H,3,16-17,25H2,1-2H3;1-2H3. The van der Waals surface area contributed by atoms with E-state index in [0.717, 1.165) is 25.2 Å². The summed E-state index contributed by atoms with van der Waals surface area (Å²) in [5.41, 5.74) is 11.6. The van der Waals surface area contributed by atoms with Crippen LogP contribution in [0.25, 0.3) is 0 Å². The number of para-hydroxylation sites is 1. The first-order chi connectivity index (χ1) is 14.1. The Hall–Kier alpha value is -3.07. The maximum atomic E-state index is 12.9. The van der Waals surface area contributed by atoms with Crippen LogP contribution in [-0.4, -0.2) is 12.3 Å². The second-order valence-electron chi connectivity index (χ2n) is 6.84. The number of anilines is 2. The van der Waals surface area contributed by atoms with E-state index in [1.807, 2.05) is 62.4 Å². The van der Waals surface area contributed by atoms with E-state index in [9.17, 15) is 4.79 Å². The van der Waals surface area contributed by atoms with Crippen LogP contribution in [0.2, 0.25) is 0 Å². The van der Waals surface area contributed by atoms with Crippen LogP contribution in [0.1, 0.15) is 54.2 Å². The molecule has 0 saturated carbocycles. The molecule has 0 atom stereocenters. The lowest BCUT2D eigenvalue weighted by Gasteiger charge is -2.27. The van der Waals surface area contributed by atoms with E-state index >= 15 is 0 Å². The van der Waals surface area contributed by atoms with Gasteiger partial charge in [-0.15, -0.1) is 0 Å². The van der Waals surface area contributed by atoms with Crippen LogP contribution in [-0.2, 0) is 6.54 Å². The average Bonchev–Trinajstić information content (AvgIpc) is 2.77. The summed E-state index contributed by atoms with van der Waals surface area (Å²) in [7, 11) is 0. The molecule has 0 unspecified atom stereocenters. The molecule has 3 aromatic rings. The fraction of sp³-hybridized carbons (Fsp3) is 0.269. The maximum absolute atomic E-state index is 12.9. The molecule has 0 aromatic heterocycles. The van der Waals surface area contributed by atoms with Crippen molar-refractivity contribution in [2.45, 2.75) is 40.7 Å². The van der Waals surface area contributed by atoms with Crippen LogP contribution in [0, 0.1) is 6.92 Å². The number of nitrogen functional groups attached to an aromatic ring is 1. The first kappa shape index (κ1) is 22.2. The van der Waals surface area contributed by atoms with E-state index < -0.39 is 0 Å². The summed E-state index contributed by atoms with van der Waals surface area (Å²) < 4.78 is 0. The molecule has 3 heteroatoms. The molecule has 0 bridgehead atoms. The van der Waals surface area contributed by atoms with Gasteiger partial charge >= 0.3 is 0 Å². The molecule has 0 aliphatic rings. The van der Waals surface area contributed by atoms with Crippen LogP contribution in [0.4, 0.5) is 11.4 Å². The highest BCUT2D eigenvalue weighted by molar-refractivity contribution is 6.13. The van der Waals surface area contributed by atoms with Gasteiger partial charge in [0.15, 0.2) is 5.78 Å². The van der Waals surface area contributed by atoms with Crippen LogP contribution in [0.5, 0.6) is 0 Å². The van der Waals surface area contributed by atoms with Gasteiger partial charge in [-0.25, -0.2) is 0 Å². The van der Waals surface area contributed by atoms with Gasteiger partial charge in [0.2, 0.25) is 0 Å². The summed E-state index contributed by atoms with van der Waals surface area (Å²) in [5, 5.41) is 0. The summed E-state index contributed by atoms with van der Waals surface area (Å²) in [4.78, 5) is 15.1. The number of hydrogen-bond donors (Lipinski definition) is 1. The molecule has 3 nitrogen and oxygen atoms in total. The van der Waals surface area contributed by atoms with Gasteiger partial charge in [0.25, 0.3) is 0 Å². The molecular weight excluding hydrogens is 356 g/mol. The zero-order chi connectivity index (χ0) is 21.2. The number of rotatable bonds is 7. The van der Waals surface area contributed by atoms with Gasteiger partial charge in [0.05, 0.1) is 11.4 Å². The van der Waals surface area contributed by atoms with Gasteiger partial charge in [0.1, 0.15) is 0 Å². The van der Waals surface area contributed by atoms with Gasteiger partial charge in [0, 0.05) is 24.2 Å². The summed E-state index contributed by atoms with van der Waals surface area (Å²) >= 11 is 0. The van der Waals surface area contributed by atoms with Gasteiger partial charge in [-0.1, -0.05) is 87.0 Å². The fourth-order valence-electron chi connectivity index (χ4n) is 3.24. The van der Waals surface area contributed by atoms with Gasteiger partial charge < -0.3 is 10.6 Å². The Kier molecular flexibility index (Phi) is 8.47. The summed E-state index contributed by atoms with van der Waals surface area (Å²) in [6.45, 7) is 9.88. The topological polar surface area (TPSA) is 46.3 Å². The minimum atomic E-state index is -0.0401. The lowest BCUT2D eigenvalue weighted by atomic mass is 10.0. The van der Waals surface area contributed by atoms with Crippen LogP contribution in [0.3, 0.4) is 0 Å². The molecule has 152 valence electrons. The molecule has 0 heterocycles. The Morgan fingerprint density at radius 2 is 1.55 bits per heavy atom. The predicted molar refractivity (Wildman–Crippen MR) is 125 cm³/mol. The number of benzene rings is 3. The van der Waals surface area contributed by atoms with Crippen molar-refractivity contribution >= 4 is 17.2 Å². The van der Waals surface area contributed by atoms with E-state index in [2.05, 4.69) is 43.0 Å². The van der Waals surface area contributed by atoms with Crippen molar-refractivity contribution < 1.29 is 4.79 Å². The summed E-state index contributed by atoms with van der Waals surface area (Å²) in [5.74, 6) is -0.0401. The normalized spacial score (nSPS) is 10.1.